The second kappa shape index (κ2) is 6.35. The molecule has 0 heterocycles. The molecule has 0 unspecified atom stereocenters. The Kier molecular flexibility index (Phi) is 4.23. The van der Waals surface area contributed by atoms with Crippen LogP contribution in [0.25, 0.3) is 0 Å². The summed E-state index contributed by atoms with van der Waals surface area (Å²) in [6.07, 6.45) is 7.40. The molecule has 5 rings (SSSR count). The highest BCUT2D eigenvalue weighted by molar-refractivity contribution is 5.43. The number of rotatable bonds is 6. The van der Waals surface area contributed by atoms with Crippen molar-refractivity contribution in [2.45, 2.75) is 51.6 Å². The van der Waals surface area contributed by atoms with Crippen LogP contribution >= 0.6 is 0 Å². The van der Waals surface area contributed by atoms with Crippen LogP contribution in [0.5, 0.6) is 11.5 Å². The van der Waals surface area contributed by atoms with Crippen LogP contribution in [0.15, 0.2) is 18.2 Å². The van der Waals surface area contributed by atoms with Gasteiger partial charge in [-0.25, -0.2) is 0 Å². The molecule has 1 aromatic rings. The highest BCUT2D eigenvalue weighted by atomic mass is 16.5. The SMILES string of the molecule is CCOc1cc(CNC2C3CC4CC(C3)CC2C4)ccc1OC. The fourth-order valence-electron chi connectivity index (χ4n) is 5.59. The van der Waals surface area contributed by atoms with E-state index >= 15 is 0 Å². The molecule has 3 heteroatoms. The second-order valence-electron chi connectivity index (χ2n) is 7.76. The molecule has 0 amide bonds. The molecule has 0 atom stereocenters. The minimum atomic E-state index is 0.669. The van der Waals surface area contributed by atoms with Crippen LogP contribution in [0, 0.1) is 23.7 Å². The molecule has 4 saturated carbocycles. The summed E-state index contributed by atoms with van der Waals surface area (Å²) in [5.74, 6) is 5.62. The Bertz CT molecular complexity index is 529. The molecule has 126 valence electrons. The fourth-order valence-corrected chi connectivity index (χ4v) is 5.59. The maximum Gasteiger partial charge on any atom is 0.161 e. The average Bonchev–Trinajstić information content (AvgIpc) is 2.54. The first-order chi connectivity index (χ1) is 11.3. The first kappa shape index (κ1) is 15.3. The van der Waals surface area contributed by atoms with E-state index < -0.39 is 0 Å². The van der Waals surface area contributed by atoms with Gasteiger partial charge in [0.2, 0.25) is 0 Å². The van der Waals surface area contributed by atoms with E-state index in [1.54, 1.807) is 7.11 Å². The van der Waals surface area contributed by atoms with Gasteiger partial charge >= 0.3 is 0 Å². The maximum atomic E-state index is 5.70. The highest BCUT2D eigenvalue weighted by Gasteiger charge is 2.47. The number of nitrogens with one attached hydrogen (secondary N) is 1. The summed E-state index contributed by atoms with van der Waals surface area (Å²) in [6.45, 7) is 3.62. The van der Waals surface area contributed by atoms with Gasteiger partial charge < -0.3 is 14.8 Å². The molecule has 23 heavy (non-hydrogen) atoms. The minimum Gasteiger partial charge on any atom is -0.493 e. The molecule has 4 aliphatic rings. The third kappa shape index (κ3) is 2.96. The van der Waals surface area contributed by atoms with Crippen molar-refractivity contribution in [1.29, 1.82) is 0 Å². The van der Waals surface area contributed by atoms with Crippen LogP contribution in [0.4, 0.5) is 0 Å². The fraction of sp³-hybridized carbons (Fsp3) is 0.700. The van der Waals surface area contributed by atoms with Crippen molar-refractivity contribution in [1.82, 2.24) is 5.32 Å². The largest absolute Gasteiger partial charge is 0.493 e. The predicted molar refractivity (Wildman–Crippen MR) is 91.8 cm³/mol. The van der Waals surface area contributed by atoms with E-state index in [9.17, 15) is 0 Å². The van der Waals surface area contributed by atoms with E-state index in [2.05, 4.69) is 17.4 Å². The Morgan fingerprint density at radius 1 is 1.00 bits per heavy atom. The van der Waals surface area contributed by atoms with E-state index in [-0.39, 0.29) is 0 Å². The summed E-state index contributed by atoms with van der Waals surface area (Å²) in [7, 11) is 1.70. The van der Waals surface area contributed by atoms with E-state index in [4.69, 9.17) is 9.47 Å². The maximum absolute atomic E-state index is 5.70. The van der Waals surface area contributed by atoms with E-state index in [0.29, 0.717) is 6.61 Å². The molecular weight excluding hydrogens is 286 g/mol. The van der Waals surface area contributed by atoms with Crippen molar-refractivity contribution in [2.24, 2.45) is 23.7 Å². The first-order valence-corrected chi connectivity index (χ1v) is 9.30. The van der Waals surface area contributed by atoms with Gasteiger partial charge in [0.25, 0.3) is 0 Å². The van der Waals surface area contributed by atoms with Crippen LogP contribution in [0.3, 0.4) is 0 Å². The third-order valence-corrected chi connectivity index (χ3v) is 6.30. The monoisotopic (exact) mass is 315 g/mol. The molecule has 0 spiro atoms. The van der Waals surface area contributed by atoms with E-state index in [1.807, 2.05) is 13.0 Å². The van der Waals surface area contributed by atoms with Gasteiger partial charge in [-0.15, -0.1) is 0 Å². The van der Waals surface area contributed by atoms with Crippen LogP contribution in [0.2, 0.25) is 0 Å². The Labute approximate surface area is 139 Å². The molecule has 3 nitrogen and oxygen atoms in total. The van der Waals surface area contributed by atoms with E-state index in [1.165, 1.54) is 37.7 Å². The lowest BCUT2D eigenvalue weighted by Gasteiger charge is -2.54. The predicted octanol–water partition coefficient (Wildman–Crippen LogP) is 4.01. The second-order valence-corrected chi connectivity index (χ2v) is 7.76. The van der Waals surface area contributed by atoms with Crippen molar-refractivity contribution in [3.8, 4) is 11.5 Å². The standard InChI is InChI=1S/C20H29NO2/c1-3-23-19-11-13(4-5-18(19)22-2)12-21-20-16-7-14-6-15(9-16)10-17(20)8-14/h4-5,11,14-17,20-21H,3,6-10,12H2,1-2H3. The molecule has 0 aromatic heterocycles. The Balaban J connectivity index is 1.42. The van der Waals surface area contributed by atoms with Gasteiger partial charge in [-0.2, -0.15) is 0 Å². The normalized spacial score (nSPS) is 34.6. The van der Waals surface area contributed by atoms with Crippen molar-refractivity contribution in [3.05, 3.63) is 23.8 Å². The van der Waals surface area contributed by atoms with Crippen molar-refractivity contribution in [2.75, 3.05) is 13.7 Å². The Morgan fingerprint density at radius 2 is 1.70 bits per heavy atom. The first-order valence-electron chi connectivity index (χ1n) is 9.30. The van der Waals surface area contributed by atoms with Crippen LogP contribution in [-0.4, -0.2) is 19.8 Å². The van der Waals surface area contributed by atoms with Gasteiger partial charge in [0.15, 0.2) is 11.5 Å². The summed E-state index contributed by atoms with van der Waals surface area (Å²) in [5, 5.41) is 3.89. The average molecular weight is 315 g/mol. The highest BCUT2D eigenvalue weighted by Crippen LogP contribution is 2.53. The number of hydrogen-bond donors (Lipinski definition) is 1. The number of hydrogen-bond acceptors (Lipinski definition) is 3. The summed E-state index contributed by atoms with van der Waals surface area (Å²) >= 11 is 0. The van der Waals surface area contributed by atoms with Crippen molar-refractivity contribution >= 4 is 0 Å². The van der Waals surface area contributed by atoms with Gasteiger partial charge in [-0.3, -0.25) is 0 Å². The zero-order valence-corrected chi connectivity index (χ0v) is 14.4. The Morgan fingerprint density at radius 3 is 2.30 bits per heavy atom. The summed E-state index contributed by atoms with van der Waals surface area (Å²) in [4.78, 5) is 0. The number of benzene rings is 1. The molecule has 0 aliphatic heterocycles. The minimum absolute atomic E-state index is 0.669. The lowest BCUT2D eigenvalue weighted by Crippen LogP contribution is -2.54. The third-order valence-electron chi connectivity index (χ3n) is 6.30. The lowest BCUT2D eigenvalue weighted by atomic mass is 9.54. The molecule has 4 aliphatic carbocycles. The number of methoxy groups -OCH3 is 1. The van der Waals surface area contributed by atoms with E-state index in [0.717, 1.165) is 47.8 Å². The molecule has 0 radical (unpaired) electrons. The van der Waals surface area contributed by atoms with Gasteiger partial charge in [0.1, 0.15) is 0 Å². The quantitative estimate of drug-likeness (QED) is 0.860. The zero-order valence-electron chi connectivity index (χ0n) is 14.4. The molecule has 1 N–H and O–H groups in total. The molecule has 1 aromatic carbocycles. The van der Waals surface area contributed by atoms with Gasteiger partial charge in [0, 0.05) is 12.6 Å². The smallest absolute Gasteiger partial charge is 0.161 e. The molecule has 4 fully saturated rings. The summed E-state index contributed by atoms with van der Waals surface area (Å²) < 4.78 is 11.1. The lowest BCUT2D eigenvalue weighted by molar-refractivity contribution is -0.0142. The molecule has 0 saturated heterocycles. The van der Waals surface area contributed by atoms with Gasteiger partial charge in [-0.1, -0.05) is 6.07 Å². The van der Waals surface area contributed by atoms with Gasteiger partial charge in [-0.05, 0) is 80.4 Å². The van der Waals surface area contributed by atoms with Crippen molar-refractivity contribution < 1.29 is 9.47 Å². The summed E-state index contributed by atoms with van der Waals surface area (Å²) in [5.41, 5.74) is 1.29. The van der Waals surface area contributed by atoms with Crippen LogP contribution in [-0.2, 0) is 6.54 Å². The van der Waals surface area contributed by atoms with Crippen LogP contribution in [0.1, 0.15) is 44.6 Å². The summed E-state index contributed by atoms with van der Waals surface area (Å²) in [6, 6.07) is 7.05. The molecular formula is C20H29NO2. The topological polar surface area (TPSA) is 30.5 Å². The molecule has 4 bridgehead atoms. The van der Waals surface area contributed by atoms with Crippen LogP contribution < -0.4 is 14.8 Å². The number of ether oxygens (including phenoxy) is 2. The van der Waals surface area contributed by atoms with Gasteiger partial charge in [0.05, 0.1) is 13.7 Å². The Hall–Kier alpha value is -1.22. The zero-order chi connectivity index (χ0) is 15.8. The van der Waals surface area contributed by atoms with Crippen molar-refractivity contribution in [3.63, 3.8) is 0 Å².